The van der Waals surface area contributed by atoms with Crippen molar-refractivity contribution in [2.45, 2.75) is 129 Å². The monoisotopic (exact) mass is 535 g/mol. The van der Waals surface area contributed by atoms with Gasteiger partial charge in [-0.05, 0) is 38.5 Å². The highest BCUT2D eigenvalue weighted by atomic mass is 16.2. The zero-order valence-electron chi connectivity index (χ0n) is 24.2. The Labute approximate surface area is 230 Å². The first-order chi connectivity index (χ1) is 18.2. The fourth-order valence-electron chi connectivity index (χ4n) is 4.42. The molecular formula is C29H53N5O4. The molecule has 0 aliphatic carbocycles. The minimum Gasteiger partial charge on any atom is -0.353 e. The lowest BCUT2D eigenvalue weighted by molar-refractivity contribution is -0.130. The van der Waals surface area contributed by atoms with Gasteiger partial charge in [0.05, 0.1) is 0 Å². The fraction of sp³-hybridized carbons (Fsp3) is 0.793. The van der Waals surface area contributed by atoms with Crippen molar-refractivity contribution < 1.29 is 19.2 Å². The largest absolute Gasteiger partial charge is 0.353 e. The number of amides is 5. The van der Waals surface area contributed by atoms with Crippen LogP contribution < -0.4 is 26.6 Å². The van der Waals surface area contributed by atoms with Crippen molar-refractivity contribution in [1.29, 1.82) is 0 Å². The summed E-state index contributed by atoms with van der Waals surface area (Å²) < 4.78 is 0. The molecule has 38 heavy (non-hydrogen) atoms. The molecule has 0 fully saturated rings. The van der Waals surface area contributed by atoms with Crippen LogP contribution in [0, 0.1) is 5.92 Å². The SMILES string of the molecule is CCCCCCCCCCCCNC(=O)N[C@H](C(=O)NC1CCCCNC(=O)/C=C/[C@H](C)NC1=O)C(C)C. The van der Waals surface area contributed by atoms with Crippen LogP contribution >= 0.6 is 0 Å². The zero-order chi connectivity index (χ0) is 28.2. The molecule has 9 heteroatoms. The van der Waals surface area contributed by atoms with Crippen LogP contribution in [0.5, 0.6) is 0 Å². The second-order valence-corrected chi connectivity index (χ2v) is 10.8. The van der Waals surface area contributed by atoms with E-state index in [1.807, 2.05) is 13.8 Å². The summed E-state index contributed by atoms with van der Waals surface area (Å²) in [6, 6.07) is -2.20. The van der Waals surface area contributed by atoms with Crippen LogP contribution in [0.4, 0.5) is 4.79 Å². The van der Waals surface area contributed by atoms with Gasteiger partial charge in [0.2, 0.25) is 17.7 Å². The third kappa shape index (κ3) is 15.6. The quantitative estimate of drug-likeness (QED) is 0.202. The van der Waals surface area contributed by atoms with Crippen LogP contribution in [0.1, 0.15) is 111 Å². The third-order valence-electron chi connectivity index (χ3n) is 6.81. The Balaban J connectivity index is 2.45. The molecule has 0 aromatic carbocycles. The molecule has 1 aliphatic rings. The molecule has 0 radical (unpaired) electrons. The van der Waals surface area contributed by atoms with Crippen LogP contribution in [0.2, 0.25) is 0 Å². The summed E-state index contributed by atoms with van der Waals surface area (Å²) in [6.07, 6.45) is 17.1. The van der Waals surface area contributed by atoms with E-state index in [1.165, 1.54) is 57.4 Å². The summed E-state index contributed by atoms with van der Waals surface area (Å²) >= 11 is 0. The average molecular weight is 536 g/mol. The van der Waals surface area contributed by atoms with Gasteiger partial charge < -0.3 is 26.6 Å². The Morgan fingerprint density at radius 1 is 0.974 bits per heavy atom. The number of hydrogen-bond donors (Lipinski definition) is 5. The number of nitrogens with one attached hydrogen (secondary N) is 5. The van der Waals surface area contributed by atoms with E-state index in [9.17, 15) is 19.2 Å². The van der Waals surface area contributed by atoms with E-state index in [1.54, 1.807) is 13.0 Å². The van der Waals surface area contributed by atoms with Gasteiger partial charge in [0.25, 0.3) is 0 Å². The average Bonchev–Trinajstić information content (AvgIpc) is 2.87. The predicted octanol–water partition coefficient (Wildman–Crippen LogP) is 4.08. The molecule has 0 bridgehead atoms. The highest BCUT2D eigenvalue weighted by Gasteiger charge is 2.29. The molecule has 218 valence electrons. The Hall–Kier alpha value is -2.58. The minimum atomic E-state index is -0.756. The topological polar surface area (TPSA) is 128 Å². The number of rotatable bonds is 15. The number of carbonyl (C=O) groups excluding carboxylic acids is 4. The first-order valence-corrected chi connectivity index (χ1v) is 14.9. The molecule has 1 unspecified atom stereocenters. The van der Waals surface area contributed by atoms with Crippen molar-refractivity contribution in [2.24, 2.45) is 5.92 Å². The van der Waals surface area contributed by atoms with Crippen molar-refractivity contribution in [3.05, 3.63) is 12.2 Å². The van der Waals surface area contributed by atoms with Crippen LogP contribution in [0.3, 0.4) is 0 Å². The first-order valence-electron chi connectivity index (χ1n) is 14.9. The van der Waals surface area contributed by atoms with Gasteiger partial charge in [-0.15, -0.1) is 0 Å². The van der Waals surface area contributed by atoms with Gasteiger partial charge in [-0.2, -0.15) is 0 Å². The van der Waals surface area contributed by atoms with Crippen molar-refractivity contribution in [1.82, 2.24) is 26.6 Å². The molecular weight excluding hydrogens is 482 g/mol. The standard InChI is InChI=1S/C29H53N5O4/c1-5-6-7-8-9-10-11-12-13-15-21-31-29(38)34-26(22(2)3)28(37)33-24-17-14-16-20-30-25(35)19-18-23(4)32-27(24)36/h18-19,22-24,26H,5-17,20-21H2,1-4H3,(H,30,35)(H,32,36)(H,33,37)(H2,31,34,38)/b19-18+/t23-,24?,26-/m0/s1. The molecule has 1 heterocycles. The van der Waals surface area contributed by atoms with Crippen molar-refractivity contribution in [3.8, 4) is 0 Å². The van der Waals surface area contributed by atoms with Crippen molar-refractivity contribution >= 4 is 23.8 Å². The Morgan fingerprint density at radius 3 is 2.24 bits per heavy atom. The maximum atomic E-state index is 13.1. The summed E-state index contributed by atoms with van der Waals surface area (Å²) in [5.41, 5.74) is 0. The molecule has 0 saturated heterocycles. The van der Waals surface area contributed by atoms with Crippen LogP contribution in [-0.2, 0) is 14.4 Å². The molecule has 5 N–H and O–H groups in total. The lowest BCUT2D eigenvalue weighted by Gasteiger charge is -2.26. The Kier molecular flexibility index (Phi) is 17.9. The van der Waals surface area contributed by atoms with Crippen molar-refractivity contribution in [2.75, 3.05) is 13.1 Å². The summed E-state index contributed by atoms with van der Waals surface area (Å²) in [6.45, 7) is 8.81. The number of hydrogen-bond acceptors (Lipinski definition) is 4. The van der Waals surface area contributed by atoms with Crippen LogP contribution in [-0.4, -0.2) is 55.0 Å². The number of carbonyl (C=O) groups is 4. The van der Waals surface area contributed by atoms with Crippen LogP contribution in [0.15, 0.2) is 12.2 Å². The van der Waals surface area contributed by atoms with Crippen molar-refractivity contribution in [3.63, 3.8) is 0 Å². The molecule has 3 atom stereocenters. The number of urea groups is 1. The number of unbranched alkanes of at least 4 members (excludes halogenated alkanes) is 9. The maximum Gasteiger partial charge on any atom is 0.315 e. The second kappa shape index (κ2) is 20.4. The van der Waals surface area contributed by atoms with E-state index in [-0.39, 0.29) is 35.7 Å². The summed E-state index contributed by atoms with van der Waals surface area (Å²) in [4.78, 5) is 50.1. The van der Waals surface area contributed by atoms with Gasteiger partial charge in [-0.3, -0.25) is 14.4 Å². The lowest BCUT2D eigenvalue weighted by Crippen LogP contribution is -2.57. The van der Waals surface area contributed by atoms with Gasteiger partial charge in [-0.25, -0.2) is 4.79 Å². The zero-order valence-corrected chi connectivity index (χ0v) is 24.2. The van der Waals surface area contributed by atoms with E-state index < -0.39 is 12.1 Å². The summed E-state index contributed by atoms with van der Waals surface area (Å²) in [7, 11) is 0. The van der Waals surface area contributed by atoms with Gasteiger partial charge in [0, 0.05) is 25.2 Å². The molecule has 5 amide bonds. The predicted molar refractivity (Wildman–Crippen MR) is 153 cm³/mol. The van der Waals surface area contributed by atoms with Gasteiger partial charge in [0.1, 0.15) is 12.1 Å². The highest BCUT2D eigenvalue weighted by Crippen LogP contribution is 2.10. The smallest absolute Gasteiger partial charge is 0.315 e. The van der Waals surface area contributed by atoms with Gasteiger partial charge in [0.15, 0.2) is 0 Å². The van der Waals surface area contributed by atoms with Crippen LogP contribution in [0.25, 0.3) is 0 Å². The van der Waals surface area contributed by atoms with Gasteiger partial charge >= 0.3 is 6.03 Å². The fourth-order valence-corrected chi connectivity index (χ4v) is 4.42. The van der Waals surface area contributed by atoms with E-state index in [0.717, 1.165) is 12.8 Å². The van der Waals surface area contributed by atoms with E-state index in [0.29, 0.717) is 32.4 Å². The summed E-state index contributed by atoms with van der Waals surface area (Å²) in [5, 5.41) is 14.1. The molecule has 0 aromatic rings. The highest BCUT2D eigenvalue weighted by molar-refractivity contribution is 5.92. The molecule has 9 nitrogen and oxygen atoms in total. The Bertz CT molecular complexity index is 740. The maximum absolute atomic E-state index is 13.1. The molecule has 1 rings (SSSR count). The normalized spacial score (nSPS) is 20.3. The molecule has 0 aromatic heterocycles. The Morgan fingerprint density at radius 2 is 1.61 bits per heavy atom. The minimum absolute atomic E-state index is 0.149. The van der Waals surface area contributed by atoms with Gasteiger partial charge in [-0.1, -0.05) is 84.6 Å². The molecule has 1 aliphatic heterocycles. The van der Waals surface area contributed by atoms with E-state index in [4.69, 9.17) is 0 Å². The molecule has 0 saturated carbocycles. The lowest BCUT2D eigenvalue weighted by atomic mass is 10.0. The third-order valence-corrected chi connectivity index (χ3v) is 6.81. The van der Waals surface area contributed by atoms with E-state index >= 15 is 0 Å². The summed E-state index contributed by atoms with van der Waals surface area (Å²) in [5.74, 6) is -1.01. The van der Waals surface area contributed by atoms with E-state index in [2.05, 4.69) is 33.5 Å². The first kappa shape index (κ1) is 33.4. The second-order valence-electron chi connectivity index (χ2n) is 10.8. The molecule has 0 spiro atoms.